The lowest BCUT2D eigenvalue weighted by Gasteiger charge is -2.24. The molecule has 0 spiro atoms. The highest BCUT2D eigenvalue weighted by atomic mass is 32.2. The first-order valence-corrected chi connectivity index (χ1v) is 8.55. The number of carbonyl (C=O) groups excluding carboxylic acids is 1. The van der Waals surface area contributed by atoms with Gasteiger partial charge in [0.05, 0.1) is 12.6 Å². The molecular weight excluding hydrogens is 284 g/mol. The minimum atomic E-state index is -0.0777. The van der Waals surface area contributed by atoms with E-state index < -0.39 is 0 Å². The van der Waals surface area contributed by atoms with Crippen molar-refractivity contribution in [2.24, 2.45) is 0 Å². The standard InChI is InChI=1S/C16H24N2O2S/c1-3-21-15-8-4-13(5-9-15)12(2)17-16(20)18(10-11-19)14-6-7-14/h4-5,8-9,12,14,19H,3,6-7,10-11H2,1-2H3,(H,17,20). The van der Waals surface area contributed by atoms with Crippen molar-refractivity contribution < 1.29 is 9.90 Å². The molecule has 1 aliphatic rings. The molecule has 116 valence electrons. The lowest BCUT2D eigenvalue weighted by molar-refractivity contribution is 0.171. The van der Waals surface area contributed by atoms with Gasteiger partial charge in [0, 0.05) is 17.5 Å². The molecule has 0 saturated heterocycles. The Morgan fingerprint density at radius 3 is 2.62 bits per heavy atom. The predicted molar refractivity (Wildman–Crippen MR) is 86.6 cm³/mol. The summed E-state index contributed by atoms with van der Waals surface area (Å²) in [5.74, 6) is 1.06. The number of nitrogens with one attached hydrogen (secondary N) is 1. The number of hydrogen-bond donors (Lipinski definition) is 2. The molecule has 0 heterocycles. The van der Waals surface area contributed by atoms with Crippen LogP contribution in [0.1, 0.15) is 38.3 Å². The quantitative estimate of drug-likeness (QED) is 0.761. The zero-order chi connectivity index (χ0) is 15.2. The van der Waals surface area contributed by atoms with Crippen LogP contribution in [0.25, 0.3) is 0 Å². The molecule has 1 unspecified atom stereocenters. The second kappa shape index (κ2) is 7.71. The summed E-state index contributed by atoms with van der Waals surface area (Å²) in [5, 5.41) is 12.1. The van der Waals surface area contributed by atoms with Crippen molar-refractivity contribution in [1.29, 1.82) is 0 Å². The van der Waals surface area contributed by atoms with Crippen LogP contribution in [0.5, 0.6) is 0 Å². The molecule has 4 nitrogen and oxygen atoms in total. The number of carbonyl (C=O) groups is 1. The molecule has 0 aromatic heterocycles. The summed E-state index contributed by atoms with van der Waals surface area (Å²) in [4.78, 5) is 15.3. The fourth-order valence-electron chi connectivity index (χ4n) is 2.31. The van der Waals surface area contributed by atoms with Gasteiger partial charge in [-0.15, -0.1) is 11.8 Å². The average molecular weight is 308 g/mol. The first-order valence-electron chi connectivity index (χ1n) is 7.56. The van der Waals surface area contributed by atoms with Gasteiger partial charge in [-0.2, -0.15) is 0 Å². The first kappa shape index (κ1) is 16.2. The topological polar surface area (TPSA) is 52.6 Å². The highest BCUT2D eigenvalue weighted by Crippen LogP contribution is 2.27. The van der Waals surface area contributed by atoms with Crippen LogP contribution in [0.2, 0.25) is 0 Å². The smallest absolute Gasteiger partial charge is 0.318 e. The van der Waals surface area contributed by atoms with Gasteiger partial charge in [0.25, 0.3) is 0 Å². The van der Waals surface area contributed by atoms with Crippen molar-refractivity contribution in [2.45, 2.75) is 43.7 Å². The number of thioether (sulfide) groups is 1. The fraction of sp³-hybridized carbons (Fsp3) is 0.562. The Morgan fingerprint density at radius 2 is 2.10 bits per heavy atom. The first-order chi connectivity index (χ1) is 10.2. The second-order valence-corrected chi connectivity index (χ2v) is 6.66. The van der Waals surface area contributed by atoms with Crippen LogP contribution in [0.3, 0.4) is 0 Å². The van der Waals surface area contributed by atoms with Crippen LogP contribution >= 0.6 is 11.8 Å². The van der Waals surface area contributed by atoms with E-state index in [9.17, 15) is 4.79 Å². The van der Waals surface area contributed by atoms with Crippen molar-refractivity contribution in [3.63, 3.8) is 0 Å². The van der Waals surface area contributed by atoms with Crippen molar-refractivity contribution in [3.05, 3.63) is 29.8 Å². The van der Waals surface area contributed by atoms with Crippen LogP contribution in [0, 0.1) is 0 Å². The predicted octanol–water partition coefficient (Wildman–Crippen LogP) is 3.03. The number of urea groups is 1. The average Bonchev–Trinajstić information content (AvgIpc) is 3.30. The third-order valence-corrected chi connectivity index (χ3v) is 4.51. The van der Waals surface area contributed by atoms with Gasteiger partial charge in [-0.3, -0.25) is 0 Å². The zero-order valence-electron chi connectivity index (χ0n) is 12.7. The van der Waals surface area contributed by atoms with Gasteiger partial charge in [0.15, 0.2) is 0 Å². The lowest BCUT2D eigenvalue weighted by atomic mass is 10.1. The van der Waals surface area contributed by atoms with E-state index in [0.717, 1.165) is 24.2 Å². The van der Waals surface area contributed by atoms with E-state index >= 15 is 0 Å². The maximum Gasteiger partial charge on any atom is 0.318 e. The minimum absolute atomic E-state index is 0.0151. The van der Waals surface area contributed by atoms with Gasteiger partial charge in [-0.05, 0) is 43.2 Å². The molecule has 2 N–H and O–H groups in total. The second-order valence-electron chi connectivity index (χ2n) is 5.32. The zero-order valence-corrected chi connectivity index (χ0v) is 13.5. The summed E-state index contributed by atoms with van der Waals surface area (Å²) in [7, 11) is 0. The van der Waals surface area contributed by atoms with E-state index in [1.807, 2.05) is 18.7 Å². The highest BCUT2D eigenvalue weighted by molar-refractivity contribution is 7.99. The Bertz CT molecular complexity index is 460. The van der Waals surface area contributed by atoms with Crippen molar-refractivity contribution in [2.75, 3.05) is 18.9 Å². The Hall–Kier alpha value is -1.20. The summed E-state index contributed by atoms with van der Waals surface area (Å²) in [5.41, 5.74) is 1.10. The summed E-state index contributed by atoms with van der Waals surface area (Å²) in [6, 6.07) is 8.53. The largest absolute Gasteiger partial charge is 0.395 e. The summed E-state index contributed by atoms with van der Waals surface area (Å²) in [6.45, 7) is 4.55. The fourth-order valence-corrected chi connectivity index (χ4v) is 2.98. The maximum atomic E-state index is 12.3. The van der Waals surface area contributed by atoms with E-state index in [0.29, 0.717) is 12.6 Å². The van der Waals surface area contributed by atoms with Crippen molar-refractivity contribution >= 4 is 17.8 Å². The van der Waals surface area contributed by atoms with Gasteiger partial charge in [-0.25, -0.2) is 4.79 Å². The third-order valence-electron chi connectivity index (χ3n) is 3.62. The number of benzene rings is 1. The van der Waals surface area contributed by atoms with Crippen LogP contribution < -0.4 is 5.32 Å². The van der Waals surface area contributed by atoms with Crippen LogP contribution in [0.15, 0.2) is 29.2 Å². The molecule has 0 bridgehead atoms. The highest BCUT2D eigenvalue weighted by Gasteiger charge is 2.32. The molecule has 1 saturated carbocycles. The van der Waals surface area contributed by atoms with E-state index in [2.05, 4.69) is 36.5 Å². The molecule has 1 atom stereocenters. The molecule has 1 aromatic carbocycles. The molecule has 5 heteroatoms. The Kier molecular flexibility index (Phi) is 5.94. The minimum Gasteiger partial charge on any atom is -0.395 e. The lowest BCUT2D eigenvalue weighted by Crippen LogP contribution is -2.43. The SMILES string of the molecule is CCSc1ccc(C(C)NC(=O)N(CCO)C2CC2)cc1. The number of nitrogens with zero attached hydrogens (tertiary/aromatic N) is 1. The van der Waals surface area contributed by atoms with Gasteiger partial charge in [-0.1, -0.05) is 19.1 Å². The number of aliphatic hydroxyl groups excluding tert-OH is 1. The molecule has 1 fully saturated rings. The van der Waals surface area contributed by atoms with Gasteiger partial charge in [0.2, 0.25) is 0 Å². The molecule has 2 rings (SSSR count). The molecule has 1 aliphatic carbocycles. The van der Waals surface area contributed by atoms with Crippen LogP contribution in [-0.4, -0.2) is 41.0 Å². The van der Waals surface area contributed by atoms with E-state index in [1.165, 1.54) is 4.90 Å². The summed E-state index contributed by atoms with van der Waals surface area (Å²) < 4.78 is 0. The molecular formula is C16H24N2O2S. The number of hydrogen-bond acceptors (Lipinski definition) is 3. The number of aliphatic hydroxyl groups is 1. The normalized spacial score (nSPS) is 15.6. The molecule has 2 amide bonds. The van der Waals surface area contributed by atoms with Crippen molar-refractivity contribution in [1.82, 2.24) is 10.2 Å². The van der Waals surface area contributed by atoms with Gasteiger partial charge in [0.1, 0.15) is 0 Å². The van der Waals surface area contributed by atoms with Crippen LogP contribution in [-0.2, 0) is 0 Å². The Morgan fingerprint density at radius 1 is 1.43 bits per heavy atom. The van der Waals surface area contributed by atoms with Crippen molar-refractivity contribution in [3.8, 4) is 0 Å². The monoisotopic (exact) mass is 308 g/mol. The van der Waals surface area contributed by atoms with E-state index in [1.54, 1.807) is 4.90 Å². The molecule has 0 radical (unpaired) electrons. The third kappa shape index (κ3) is 4.64. The van der Waals surface area contributed by atoms with Gasteiger partial charge >= 0.3 is 6.03 Å². The summed E-state index contributed by atoms with van der Waals surface area (Å²) in [6.07, 6.45) is 2.09. The molecule has 0 aliphatic heterocycles. The van der Waals surface area contributed by atoms with Gasteiger partial charge < -0.3 is 15.3 Å². The van der Waals surface area contributed by atoms with E-state index in [4.69, 9.17) is 5.11 Å². The molecule has 21 heavy (non-hydrogen) atoms. The Balaban J connectivity index is 1.92. The Labute approximate surface area is 130 Å². The number of amides is 2. The van der Waals surface area contributed by atoms with Crippen LogP contribution in [0.4, 0.5) is 4.79 Å². The maximum absolute atomic E-state index is 12.3. The number of rotatable bonds is 7. The molecule has 1 aromatic rings. The summed E-state index contributed by atoms with van der Waals surface area (Å²) >= 11 is 1.81. The van der Waals surface area contributed by atoms with E-state index in [-0.39, 0.29) is 18.7 Å².